The van der Waals surface area contributed by atoms with Crippen LogP contribution in [0.4, 0.5) is 5.95 Å². The topological polar surface area (TPSA) is 190 Å². The van der Waals surface area contributed by atoms with E-state index in [9.17, 15) is 24.0 Å². The van der Waals surface area contributed by atoms with E-state index < -0.39 is 60.4 Å². The van der Waals surface area contributed by atoms with Gasteiger partial charge in [-0.1, -0.05) is 76.3 Å². The van der Waals surface area contributed by atoms with Gasteiger partial charge in [0.1, 0.15) is 5.52 Å². The number of carbonyl (C=O) groups excluding carboxylic acids is 5. The van der Waals surface area contributed by atoms with Gasteiger partial charge < -0.3 is 24.3 Å². The molecule has 0 aromatic carbocycles. The van der Waals surface area contributed by atoms with E-state index in [1.165, 1.54) is 56.3 Å². The molecule has 0 aliphatic carbocycles. The van der Waals surface area contributed by atoms with Crippen molar-refractivity contribution in [1.29, 1.82) is 0 Å². The van der Waals surface area contributed by atoms with Gasteiger partial charge in [-0.2, -0.15) is 9.97 Å². The monoisotopic (exact) mass is 680 g/mol. The van der Waals surface area contributed by atoms with Gasteiger partial charge in [0, 0.05) is 34.2 Å². The number of anilines is 1. The molecule has 0 saturated carbocycles. The van der Waals surface area contributed by atoms with Crippen molar-refractivity contribution < 1.29 is 42.9 Å². The number of nitrogens with one attached hydrogen (secondary N) is 2. The Morgan fingerprint density at radius 2 is 1.36 bits per heavy atom. The molecule has 0 spiro atoms. The Bertz CT molecular complexity index is 1400. The second-order valence-corrected chi connectivity index (χ2v) is 11.8. The zero-order valence-corrected chi connectivity index (χ0v) is 28.3. The fourth-order valence-electron chi connectivity index (χ4n) is 5.43. The van der Waals surface area contributed by atoms with E-state index in [0.29, 0.717) is 13.0 Å². The summed E-state index contributed by atoms with van der Waals surface area (Å²) in [6, 6.07) is 0. The number of unbranched alkanes of at least 4 members (excludes halogenated alkanes) is 9. The van der Waals surface area contributed by atoms with Gasteiger partial charge in [0.05, 0.1) is 6.33 Å². The molecule has 47 heavy (non-hydrogen) atoms. The van der Waals surface area contributed by atoms with Crippen LogP contribution in [0.5, 0.6) is 0 Å². The van der Waals surface area contributed by atoms with Crippen molar-refractivity contribution in [1.82, 2.24) is 24.8 Å². The van der Waals surface area contributed by atoms with Crippen molar-refractivity contribution in [3.05, 3.63) is 11.5 Å². The molecule has 2 aromatic rings. The van der Waals surface area contributed by atoms with E-state index in [2.05, 4.69) is 32.5 Å². The summed E-state index contributed by atoms with van der Waals surface area (Å²) in [6.45, 7) is 7.17. The fraction of sp³-hybridized carbons (Fsp3) is 0.677. The van der Waals surface area contributed by atoms with Gasteiger partial charge in [0.25, 0.3) is 5.91 Å². The summed E-state index contributed by atoms with van der Waals surface area (Å²) >= 11 is 6.32. The molecule has 1 fully saturated rings. The predicted octanol–water partition coefficient (Wildman–Crippen LogP) is 4.17. The molecule has 0 unspecified atom stereocenters. The molecule has 3 heterocycles. The van der Waals surface area contributed by atoms with Crippen molar-refractivity contribution in [2.24, 2.45) is 0 Å². The molecular weight excluding hydrogens is 636 g/mol. The first kappa shape index (κ1) is 37.6. The molecule has 2 amide bonds. The highest BCUT2D eigenvalue weighted by Crippen LogP contribution is 2.36. The number of esters is 3. The molecule has 1 saturated heterocycles. The summed E-state index contributed by atoms with van der Waals surface area (Å²) in [5.74, 6) is -3.58. The quantitative estimate of drug-likeness (QED) is 0.105. The third kappa shape index (κ3) is 11.1. The van der Waals surface area contributed by atoms with Crippen molar-refractivity contribution in [2.45, 2.75) is 129 Å². The summed E-state index contributed by atoms with van der Waals surface area (Å²) in [6.07, 6.45) is 5.22. The van der Waals surface area contributed by atoms with Gasteiger partial charge in [-0.3, -0.25) is 33.9 Å². The minimum atomic E-state index is -1.51. The molecule has 15 nitrogen and oxygen atoms in total. The normalized spacial score (nSPS) is 20.8. The van der Waals surface area contributed by atoms with Crippen LogP contribution < -0.4 is 10.6 Å². The first-order valence-electron chi connectivity index (χ1n) is 16.0. The maximum atomic E-state index is 13.6. The Morgan fingerprint density at radius 3 is 1.94 bits per heavy atom. The first-order valence-corrected chi connectivity index (χ1v) is 16.4. The summed E-state index contributed by atoms with van der Waals surface area (Å²) in [5.41, 5.74) is 0.159. The van der Waals surface area contributed by atoms with E-state index >= 15 is 0 Å². The minimum Gasteiger partial charge on any atom is -0.455 e. The molecule has 2 N–H and O–H groups in total. The van der Waals surface area contributed by atoms with Crippen molar-refractivity contribution in [3.8, 4) is 0 Å². The third-order valence-corrected chi connectivity index (χ3v) is 7.71. The molecule has 0 bridgehead atoms. The van der Waals surface area contributed by atoms with Gasteiger partial charge in [-0.05, 0) is 6.42 Å². The van der Waals surface area contributed by atoms with E-state index in [-0.39, 0.29) is 22.3 Å². The van der Waals surface area contributed by atoms with Gasteiger partial charge in [0.2, 0.25) is 11.9 Å². The number of aromatic nitrogens is 4. The highest BCUT2D eigenvalue weighted by molar-refractivity contribution is 6.33. The van der Waals surface area contributed by atoms with Crippen LogP contribution in [0.3, 0.4) is 0 Å². The number of amides is 2. The Balaban J connectivity index is 1.87. The van der Waals surface area contributed by atoms with Crippen LogP contribution >= 0.6 is 11.6 Å². The molecule has 3 rings (SSSR count). The van der Waals surface area contributed by atoms with Gasteiger partial charge >= 0.3 is 17.9 Å². The molecule has 16 heteroatoms. The number of nitrogens with zero attached hydrogens (tertiary/aromatic N) is 4. The van der Waals surface area contributed by atoms with E-state index in [1.807, 2.05) is 0 Å². The SMILES string of the molecule is CCCCCCCCCCCCNC(=O)[C@H]1O[C@@H](n2cnc3c(Cl)nc(NC(C)=O)nc32)[C@H](OC(C)=O)[C@@H](OC(C)=O)[C@@H]1OC(C)=O. The zero-order valence-electron chi connectivity index (χ0n) is 27.6. The Morgan fingerprint density at radius 1 is 0.809 bits per heavy atom. The number of rotatable bonds is 17. The lowest BCUT2D eigenvalue weighted by atomic mass is 9.96. The molecule has 1 aliphatic rings. The number of carbonyl (C=O) groups is 5. The number of hydrogen-bond acceptors (Lipinski definition) is 12. The Labute approximate surface area is 278 Å². The molecule has 2 aromatic heterocycles. The van der Waals surface area contributed by atoms with Crippen LogP contribution in [-0.2, 0) is 42.9 Å². The molecule has 5 atom stereocenters. The fourth-order valence-corrected chi connectivity index (χ4v) is 5.64. The Hall–Kier alpha value is -3.85. The van der Waals surface area contributed by atoms with Crippen LogP contribution in [0.1, 0.15) is 105 Å². The van der Waals surface area contributed by atoms with Crippen molar-refractivity contribution >= 4 is 58.4 Å². The van der Waals surface area contributed by atoms with Crippen molar-refractivity contribution in [3.63, 3.8) is 0 Å². The number of hydrogen-bond donors (Lipinski definition) is 2. The third-order valence-electron chi connectivity index (χ3n) is 7.45. The van der Waals surface area contributed by atoms with Gasteiger partial charge in [0.15, 0.2) is 41.4 Å². The molecule has 0 radical (unpaired) electrons. The summed E-state index contributed by atoms with van der Waals surface area (Å²) in [7, 11) is 0. The molecule has 260 valence electrons. The Kier molecular flexibility index (Phi) is 14.8. The maximum Gasteiger partial charge on any atom is 0.303 e. The van der Waals surface area contributed by atoms with Crippen LogP contribution in [0.25, 0.3) is 11.2 Å². The van der Waals surface area contributed by atoms with Gasteiger partial charge in [-0.15, -0.1) is 0 Å². The predicted molar refractivity (Wildman–Crippen MR) is 170 cm³/mol. The van der Waals surface area contributed by atoms with E-state index in [4.69, 9.17) is 30.5 Å². The summed E-state index contributed by atoms with van der Waals surface area (Å²) in [4.78, 5) is 74.7. The van der Waals surface area contributed by atoms with Gasteiger partial charge in [-0.25, -0.2) is 4.98 Å². The van der Waals surface area contributed by atoms with Crippen LogP contribution in [0.2, 0.25) is 5.15 Å². The molecule has 1 aliphatic heterocycles. The second-order valence-electron chi connectivity index (χ2n) is 11.5. The van der Waals surface area contributed by atoms with Crippen LogP contribution in [0, 0.1) is 0 Å². The summed E-state index contributed by atoms with van der Waals surface area (Å²) in [5, 5.41) is 5.17. The first-order chi connectivity index (χ1) is 22.4. The lowest BCUT2D eigenvalue weighted by Gasteiger charge is -2.44. The standard InChI is InChI=1S/C31H45ClN6O9/c1-6-7-8-9-10-11-12-13-14-15-16-33-29(43)25-23(44-19(3)40)24(45-20(4)41)26(46-21(5)42)30(47-25)38-17-34-22-27(32)36-31(35-18(2)39)37-28(22)38/h17,23-26,30H,6-16H2,1-5H3,(H,33,43)(H,35,36,37,39)/t23-,24-,25-,26+,30+/m0/s1. The van der Waals surface area contributed by atoms with Crippen molar-refractivity contribution in [2.75, 3.05) is 11.9 Å². The number of halogens is 1. The van der Waals surface area contributed by atoms with Crippen LogP contribution in [-0.4, -0.2) is 80.2 Å². The zero-order chi connectivity index (χ0) is 34.5. The number of fused-ring (bicyclic) bond motifs is 1. The van der Waals surface area contributed by atoms with Crippen LogP contribution in [0.15, 0.2) is 6.33 Å². The number of ether oxygens (including phenoxy) is 4. The summed E-state index contributed by atoms with van der Waals surface area (Å²) < 4.78 is 24.1. The average Bonchev–Trinajstić information content (AvgIpc) is 3.40. The highest BCUT2D eigenvalue weighted by Gasteiger charge is 2.55. The lowest BCUT2D eigenvalue weighted by Crippen LogP contribution is -2.63. The lowest BCUT2D eigenvalue weighted by molar-refractivity contribution is -0.258. The largest absolute Gasteiger partial charge is 0.455 e. The van der Waals surface area contributed by atoms with E-state index in [1.54, 1.807) is 0 Å². The van der Waals surface area contributed by atoms with E-state index in [0.717, 1.165) is 40.0 Å². The maximum absolute atomic E-state index is 13.6. The average molecular weight is 681 g/mol. The minimum absolute atomic E-state index is 0.0490. The highest BCUT2D eigenvalue weighted by atomic mass is 35.5. The number of imidazole rings is 1. The molecular formula is C31H45ClN6O9. The second kappa shape index (κ2) is 18.5. The smallest absolute Gasteiger partial charge is 0.303 e.